The minimum atomic E-state index is -0.915. The molecule has 1 aromatic rings. The maximum absolute atomic E-state index is 11.0. The van der Waals surface area contributed by atoms with E-state index in [-0.39, 0.29) is 5.56 Å². The van der Waals surface area contributed by atoms with Crippen LogP contribution in [0.3, 0.4) is 0 Å². The summed E-state index contributed by atoms with van der Waals surface area (Å²) < 4.78 is 5.54. The average Bonchev–Trinajstić information content (AvgIpc) is 2.71. The van der Waals surface area contributed by atoms with Gasteiger partial charge in [-0.3, -0.25) is 4.90 Å². The molecule has 0 amide bonds. The molecule has 0 unspecified atom stereocenters. The SMILES string of the molecule is Cc1oc(CN(C)C2CCC(C)CC2)cc1C(=O)O. The number of carboxylic acids is 1. The number of carbonyl (C=O) groups is 1. The van der Waals surface area contributed by atoms with E-state index in [2.05, 4.69) is 18.9 Å². The van der Waals surface area contributed by atoms with Crippen LogP contribution in [0.4, 0.5) is 0 Å². The van der Waals surface area contributed by atoms with Gasteiger partial charge in [0.25, 0.3) is 0 Å². The van der Waals surface area contributed by atoms with Crippen molar-refractivity contribution in [2.75, 3.05) is 7.05 Å². The van der Waals surface area contributed by atoms with Crippen LogP contribution in [0, 0.1) is 12.8 Å². The second-order valence-electron chi connectivity index (χ2n) is 5.82. The zero-order valence-electron chi connectivity index (χ0n) is 12.0. The van der Waals surface area contributed by atoms with Gasteiger partial charge in [0.15, 0.2) is 0 Å². The van der Waals surface area contributed by atoms with Gasteiger partial charge >= 0.3 is 5.97 Å². The Morgan fingerprint density at radius 3 is 2.58 bits per heavy atom. The van der Waals surface area contributed by atoms with Gasteiger partial charge in [0.1, 0.15) is 17.1 Å². The standard InChI is InChI=1S/C15H23NO3/c1-10-4-6-12(7-5-10)16(3)9-13-8-14(15(17)18)11(2)19-13/h8,10,12H,4-7,9H2,1-3H3,(H,17,18). The molecule has 0 bridgehead atoms. The van der Waals surface area contributed by atoms with Crippen molar-refractivity contribution in [3.8, 4) is 0 Å². The van der Waals surface area contributed by atoms with Crippen molar-refractivity contribution in [2.45, 2.75) is 52.1 Å². The number of hydrogen-bond acceptors (Lipinski definition) is 3. The summed E-state index contributed by atoms with van der Waals surface area (Å²) in [5.74, 6) is 1.17. The number of rotatable bonds is 4. The van der Waals surface area contributed by atoms with Gasteiger partial charge in [0.05, 0.1) is 6.54 Å². The number of aromatic carboxylic acids is 1. The van der Waals surface area contributed by atoms with Gasteiger partial charge in [0.2, 0.25) is 0 Å². The summed E-state index contributed by atoms with van der Waals surface area (Å²) >= 11 is 0. The summed E-state index contributed by atoms with van der Waals surface area (Å²) in [6.45, 7) is 4.70. The largest absolute Gasteiger partial charge is 0.478 e. The van der Waals surface area contributed by atoms with Crippen molar-refractivity contribution in [3.63, 3.8) is 0 Å². The molecule has 1 N–H and O–H groups in total. The summed E-state index contributed by atoms with van der Waals surface area (Å²) in [4.78, 5) is 13.3. The Kier molecular flexibility index (Phi) is 4.30. The summed E-state index contributed by atoms with van der Waals surface area (Å²) in [6.07, 6.45) is 5.02. The summed E-state index contributed by atoms with van der Waals surface area (Å²) in [6, 6.07) is 2.24. The quantitative estimate of drug-likeness (QED) is 0.907. The number of nitrogens with zero attached hydrogens (tertiary/aromatic N) is 1. The van der Waals surface area contributed by atoms with Crippen LogP contribution < -0.4 is 0 Å². The monoisotopic (exact) mass is 265 g/mol. The van der Waals surface area contributed by atoms with Gasteiger partial charge in [-0.25, -0.2) is 4.79 Å². The average molecular weight is 265 g/mol. The zero-order valence-corrected chi connectivity index (χ0v) is 12.0. The predicted octanol–water partition coefficient (Wildman–Crippen LogP) is 3.30. The topological polar surface area (TPSA) is 53.7 Å². The Labute approximate surface area is 114 Å². The van der Waals surface area contributed by atoms with Crippen molar-refractivity contribution in [3.05, 3.63) is 23.2 Å². The normalized spacial score (nSPS) is 23.8. The lowest BCUT2D eigenvalue weighted by Gasteiger charge is -2.33. The van der Waals surface area contributed by atoms with Gasteiger partial charge in [-0.2, -0.15) is 0 Å². The highest BCUT2D eigenvalue weighted by molar-refractivity contribution is 5.88. The first-order valence-corrected chi connectivity index (χ1v) is 7.00. The van der Waals surface area contributed by atoms with E-state index in [0.717, 1.165) is 11.7 Å². The molecular weight excluding hydrogens is 242 g/mol. The van der Waals surface area contributed by atoms with Gasteiger partial charge in [-0.1, -0.05) is 6.92 Å². The Morgan fingerprint density at radius 1 is 1.42 bits per heavy atom. The van der Waals surface area contributed by atoms with E-state index in [0.29, 0.717) is 18.3 Å². The third-order valence-electron chi connectivity index (χ3n) is 4.21. The van der Waals surface area contributed by atoms with Crippen LogP contribution in [0.15, 0.2) is 10.5 Å². The van der Waals surface area contributed by atoms with Crippen molar-refractivity contribution in [2.24, 2.45) is 5.92 Å². The lowest BCUT2D eigenvalue weighted by Crippen LogP contribution is -2.34. The highest BCUT2D eigenvalue weighted by Gasteiger charge is 2.23. The molecule has 2 rings (SSSR count). The minimum Gasteiger partial charge on any atom is -0.478 e. The van der Waals surface area contributed by atoms with Crippen LogP contribution in [0.1, 0.15) is 54.5 Å². The van der Waals surface area contributed by atoms with Crippen LogP contribution in [0.2, 0.25) is 0 Å². The van der Waals surface area contributed by atoms with E-state index in [1.807, 2.05) is 0 Å². The fourth-order valence-corrected chi connectivity index (χ4v) is 2.89. The van der Waals surface area contributed by atoms with Gasteiger partial charge in [0, 0.05) is 6.04 Å². The molecule has 1 aliphatic rings. The smallest absolute Gasteiger partial charge is 0.339 e. The number of carboxylic acid groups (broad SMARTS) is 1. The number of aryl methyl sites for hydroxylation is 1. The first-order valence-electron chi connectivity index (χ1n) is 7.00. The van der Waals surface area contributed by atoms with Crippen molar-refractivity contribution in [1.29, 1.82) is 0 Å². The first kappa shape index (κ1) is 14.1. The third-order valence-corrected chi connectivity index (χ3v) is 4.21. The maximum Gasteiger partial charge on any atom is 0.339 e. The molecule has 4 nitrogen and oxygen atoms in total. The molecule has 1 heterocycles. The van der Waals surface area contributed by atoms with Gasteiger partial charge < -0.3 is 9.52 Å². The molecule has 1 fully saturated rings. The predicted molar refractivity (Wildman–Crippen MR) is 73.3 cm³/mol. The second kappa shape index (κ2) is 5.78. The summed E-state index contributed by atoms with van der Waals surface area (Å²) in [5.41, 5.74) is 0.278. The Hall–Kier alpha value is -1.29. The Bertz CT molecular complexity index is 444. The van der Waals surface area contributed by atoms with Crippen molar-refractivity contribution >= 4 is 5.97 Å². The molecule has 0 radical (unpaired) electrons. The molecule has 0 atom stereocenters. The lowest BCUT2D eigenvalue weighted by atomic mass is 9.87. The summed E-state index contributed by atoms with van der Waals surface area (Å²) in [5, 5.41) is 9.02. The molecule has 19 heavy (non-hydrogen) atoms. The number of hydrogen-bond donors (Lipinski definition) is 1. The molecule has 1 aliphatic carbocycles. The highest BCUT2D eigenvalue weighted by atomic mass is 16.4. The summed E-state index contributed by atoms with van der Waals surface area (Å²) in [7, 11) is 2.10. The third kappa shape index (κ3) is 3.38. The van der Waals surface area contributed by atoms with Crippen molar-refractivity contribution in [1.82, 2.24) is 4.90 Å². The first-order chi connectivity index (χ1) is 8.97. The molecule has 0 aromatic carbocycles. The van der Waals surface area contributed by atoms with Crippen LogP contribution >= 0.6 is 0 Å². The van der Waals surface area contributed by atoms with Gasteiger partial charge in [-0.15, -0.1) is 0 Å². The van der Waals surface area contributed by atoms with Crippen molar-refractivity contribution < 1.29 is 14.3 Å². The van der Waals surface area contributed by atoms with Crippen LogP contribution in [-0.2, 0) is 6.54 Å². The maximum atomic E-state index is 11.0. The Balaban J connectivity index is 1.97. The van der Waals surface area contributed by atoms with Crippen LogP contribution in [0.5, 0.6) is 0 Å². The molecule has 4 heteroatoms. The molecule has 0 spiro atoms. The number of furan rings is 1. The molecule has 1 saturated carbocycles. The molecule has 106 valence electrons. The van der Waals surface area contributed by atoms with E-state index in [4.69, 9.17) is 9.52 Å². The molecule has 0 aliphatic heterocycles. The van der Waals surface area contributed by atoms with Crippen LogP contribution in [-0.4, -0.2) is 29.1 Å². The minimum absolute atomic E-state index is 0.278. The molecular formula is C15H23NO3. The lowest BCUT2D eigenvalue weighted by molar-refractivity contribution is 0.0695. The fourth-order valence-electron chi connectivity index (χ4n) is 2.89. The fraction of sp³-hybridized carbons (Fsp3) is 0.667. The van der Waals surface area contributed by atoms with E-state index in [1.165, 1.54) is 25.7 Å². The Morgan fingerprint density at radius 2 is 2.05 bits per heavy atom. The van der Waals surface area contributed by atoms with Gasteiger partial charge in [-0.05, 0) is 51.6 Å². The second-order valence-corrected chi connectivity index (χ2v) is 5.82. The van der Waals surface area contributed by atoms with Crippen LogP contribution in [0.25, 0.3) is 0 Å². The molecule has 1 aromatic heterocycles. The highest BCUT2D eigenvalue weighted by Crippen LogP contribution is 2.27. The molecule has 0 saturated heterocycles. The van der Waals surface area contributed by atoms with E-state index in [1.54, 1.807) is 13.0 Å². The van der Waals surface area contributed by atoms with E-state index >= 15 is 0 Å². The zero-order chi connectivity index (χ0) is 14.0. The van der Waals surface area contributed by atoms with E-state index < -0.39 is 5.97 Å². The van der Waals surface area contributed by atoms with E-state index in [9.17, 15) is 4.79 Å².